The number of benzene rings is 2. The van der Waals surface area contributed by atoms with Gasteiger partial charge in [-0.15, -0.1) is 0 Å². The maximum absolute atomic E-state index is 13.3. The van der Waals surface area contributed by atoms with Crippen LogP contribution >= 0.6 is 0 Å². The van der Waals surface area contributed by atoms with Gasteiger partial charge < -0.3 is 63.5 Å². The predicted octanol–water partition coefficient (Wildman–Crippen LogP) is -0.492. The predicted molar refractivity (Wildman–Crippen MR) is 147 cm³/mol. The highest BCUT2D eigenvalue weighted by atomic mass is 16.7. The molecule has 2 aliphatic heterocycles. The molecule has 0 unspecified atom stereocenters. The van der Waals surface area contributed by atoms with E-state index in [1.807, 2.05) is 0 Å². The number of methoxy groups -OCH3 is 2. The molecule has 2 aromatic carbocycles. The highest BCUT2D eigenvalue weighted by molar-refractivity contribution is 5.88. The second kappa shape index (κ2) is 12.7. The van der Waals surface area contributed by atoms with Crippen LogP contribution in [0.15, 0.2) is 51.9 Å². The topological polar surface area (TPSA) is 207 Å². The summed E-state index contributed by atoms with van der Waals surface area (Å²) in [5, 5.41) is 61.9. The van der Waals surface area contributed by atoms with Gasteiger partial charge in [-0.3, -0.25) is 4.79 Å². The zero-order valence-electron chi connectivity index (χ0n) is 23.5. The van der Waals surface area contributed by atoms with Gasteiger partial charge in [-0.05, 0) is 36.8 Å². The Bertz CT molecular complexity index is 1460. The fourth-order valence-corrected chi connectivity index (χ4v) is 5.03. The van der Waals surface area contributed by atoms with Crippen molar-refractivity contribution >= 4 is 11.0 Å². The SMILES string of the molecule is COc1ccc(-c2coc3c(OC)c(O[C@@H]4O[C@H](CO[C@H]5O[C@H](C)[C@@H](O)[C@H](O)[C@@H]5O)[C@@H](O)[C@H](O)[C@H]4O)ccc3c2=O)cc1. The van der Waals surface area contributed by atoms with E-state index in [9.17, 15) is 35.4 Å². The van der Waals surface area contributed by atoms with E-state index in [1.54, 1.807) is 24.3 Å². The van der Waals surface area contributed by atoms with Crippen molar-refractivity contribution in [3.8, 4) is 28.4 Å². The van der Waals surface area contributed by atoms with Gasteiger partial charge in [0, 0.05) is 0 Å². The van der Waals surface area contributed by atoms with Crippen LogP contribution in [0.25, 0.3) is 22.1 Å². The molecule has 5 rings (SSSR count). The summed E-state index contributed by atoms with van der Waals surface area (Å²) in [6.45, 7) is 1.02. The number of rotatable bonds is 8. The van der Waals surface area contributed by atoms with Crippen molar-refractivity contribution in [1.82, 2.24) is 0 Å². The minimum Gasteiger partial charge on any atom is -0.497 e. The van der Waals surface area contributed by atoms with E-state index in [0.717, 1.165) is 0 Å². The van der Waals surface area contributed by atoms with E-state index in [0.29, 0.717) is 16.9 Å². The largest absolute Gasteiger partial charge is 0.497 e. The molecule has 0 spiro atoms. The van der Waals surface area contributed by atoms with E-state index >= 15 is 0 Å². The maximum Gasteiger partial charge on any atom is 0.229 e. The van der Waals surface area contributed by atoms with Gasteiger partial charge >= 0.3 is 0 Å². The van der Waals surface area contributed by atoms with Gasteiger partial charge in [0.15, 0.2) is 17.6 Å². The smallest absolute Gasteiger partial charge is 0.229 e. The van der Waals surface area contributed by atoms with Gasteiger partial charge in [0.1, 0.15) is 54.7 Å². The van der Waals surface area contributed by atoms with Gasteiger partial charge in [-0.25, -0.2) is 0 Å². The summed E-state index contributed by atoms with van der Waals surface area (Å²) in [7, 11) is 2.87. The molecule has 0 amide bonds. The van der Waals surface area contributed by atoms with Crippen LogP contribution in [0.1, 0.15) is 6.92 Å². The third-order valence-corrected chi connectivity index (χ3v) is 7.61. The molecule has 3 heterocycles. The normalized spacial score (nSPS) is 32.9. The molecule has 6 N–H and O–H groups in total. The number of fused-ring (bicyclic) bond motifs is 1. The Morgan fingerprint density at radius 3 is 2.12 bits per heavy atom. The van der Waals surface area contributed by atoms with Crippen LogP contribution in [0.5, 0.6) is 17.2 Å². The minimum atomic E-state index is -1.73. The lowest BCUT2D eigenvalue weighted by Gasteiger charge is -2.42. The molecule has 2 saturated heterocycles. The molecule has 234 valence electrons. The highest BCUT2D eigenvalue weighted by Crippen LogP contribution is 2.37. The molecule has 43 heavy (non-hydrogen) atoms. The third-order valence-electron chi connectivity index (χ3n) is 7.61. The molecule has 0 saturated carbocycles. The number of aliphatic hydroxyl groups excluding tert-OH is 6. The molecular weight excluding hydrogens is 572 g/mol. The molecule has 0 radical (unpaired) electrons. The van der Waals surface area contributed by atoms with Crippen molar-refractivity contribution in [1.29, 1.82) is 0 Å². The van der Waals surface area contributed by atoms with E-state index in [1.165, 1.54) is 39.5 Å². The van der Waals surface area contributed by atoms with Crippen LogP contribution in [0, 0.1) is 0 Å². The molecule has 14 heteroatoms. The second-order valence-electron chi connectivity index (χ2n) is 10.3. The van der Waals surface area contributed by atoms with Crippen LogP contribution in [0.2, 0.25) is 0 Å². The standard InChI is InChI=1S/C29H34O14/c1-12-19(30)22(33)24(35)28(41-12)40-11-18-21(32)23(34)25(36)29(43-18)42-17-9-8-15-20(31)16(10-39-26(15)27(17)38-3)13-4-6-14(37-2)7-5-13/h4-10,12,18-19,21-25,28-30,32-36H,11H2,1-3H3/t12-,18-,19-,21-,22+,23+,24+,25-,28+,29-/m1/s1. The molecule has 2 aliphatic rings. The van der Waals surface area contributed by atoms with Gasteiger partial charge in [-0.2, -0.15) is 0 Å². The molecular formula is C29H34O14. The summed E-state index contributed by atoms with van der Waals surface area (Å²) < 4.78 is 38.8. The molecule has 10 atom stereocenters. The number of ether oxygens (including phenoxy) is 6. The highest BCUT2D eigenvalue weighted by Gasteiger charge is 2.47. The van der Waals surface area contributed by atoms with Crippen LogP contribution in [0.4, 0.5) is 0 Å². The maximum atomic E-state index is 13.3. The van der Waals surface area contributed by atoms with Crippen LogP contribution in [-0.2, 0) is 14.2 Å². The first-order chi connectivity index (χ1) is 20.5. The Balaban J connectivity index is 1.36. The number of hydrogen-bond donors (Lipinski definition) is 6. The van der Waals surface area contributed by atoms with Crippen molar-refractivity contribution in [3.05, 3.63) is 52.9 Å². The first kappa shape index (κ1) is 31.1. The van der Waals surface area contributed by atoms with Crippen LogP contribution in [-0.4, -0.2) is 113 Å². The molecule has 0 aliphatic carbocycles. The van der Waals surface area contributed by atoms with Crippen molar-refractivity contribution in [2.75, 3.05) is 20.8 Å². The van der Waals surface area contributed by atoms with Gasteiger partial charge in [0.2, 0.25) is 17.5 Å². The fourth-order valence-electron chi connectivity index (χ4n) is 5.03. The summed E-state index contributed by atoms with van der Waals surface area (Å²) in [5.41, 5.74) is 0.647. The zero-order valence-corrected chi connectivity index (χ0v) is 23.5. The monoisotopic (exact) mass is 606 g/mol. The lowest BCUT2D eigenvalue weighted by Crippen LogP contribution is -2.61. The lowest BCUT2D eigenvalue weighted by atomic mass is 9.98. The van der Waals surface area contributed by atoms with Crippen LogP contribution in [0.3, 0.4) is 0 Å². The Morgan fingerprint density at radius 1 is 0.767 bits per heavy atom. The van der Waals surface area contributed by atoms with Crippen molar-refractivity contribution in [2.24, 2.45) is 0 Å². The zero-order chi connectivity index (χ0) is 31.0. The van der Waals surface area contributed by atoms with E-state index in [4.69, 9.17) is 32.8 Å². The van der Waals surface area contributed by atoms with E-state index in [-0.39, 0.29) is 27.9 Å². The lowest BCUT2D eigenvalue weighted by molar-refractivity contribution is -0.318. The Kier molecular flexibility index (Phi) is 9.22. The van der Waals surface area contributed by atoms with Crippen molar-refractivity contribution in [3.63, 3.8) is 0 Å². The van der Waals surface area contributed by atoms with Crippen molar-refractivity contribution in [2.45, 2.75) is 68.3 Å². The quantitative estimate of drug-likeness (QED) is 0.191. The minimum absolute atomic E-state index is 0.000346. The molecule has 14 nitrogen and oxygen atoms in total. The average Bonchev–Trinajstić information content (AvgIpc) is 3.02. The summed E-state index contributed by atoms with van der Waals surface area (Å²) in [6, 6.07) is 9.74. The number of hydrogen-bond acceptors (Lipinski definition) is 14. The Hall–Kier alpha value is -3.31. The van der Waals surface area contributed by atoms with Crippen molar-refractivity contribution < 1.29 is 63.5 Å². The van der Waals surface area contributed by atoms with Crippen LogP contribution < -0.4 is 19.6 Å². The van der Waals surface area contributed by atoms with E-state index in [2.05, 4.69) is 0 Å². The fraction of sp³-hybridized carbons (Fsp3) is 0.483. The summed E-state index contributed by atoms with van der Waals surface area (Å²) in [5.74, 6) is 0.643. The Morgan fingerprint density at radius 2 is 1.44 bits per heavy atom. The van der Waals surface area contributed by atoms with Gasteiger partial charge in [-0.1, -0.05) is 12.1 Å². The molecule has 3 aromatic rings. The second-order valence-corrected chi connectivity index (χ2v) is 10.3. The van der Waals surface area contributed by atoms with Gasteiger partial charge in [0.05, 0.1) is 37.9 Å². The molecule has 0 bridgehead atoms. The first-order valence-corrected chi connectivity index (χ1v) is 13.5. The molecule has 1 aromatic heterocycles. The van der Waals surface area contributed by atoms with Gasteiger partial charge in [0.25, 0.3) is 0 Å². The summed E-state index contributed by atoms with van der Waals surface area (Å²) in [6.07, 6.45) is -13.3. The average molecular weight is 607 g/mol. The first-order valence-electron chi connectivity index (χ1n) is 13.5. The number of aliphatic hydroxyl groups is 6. The molecule has 2 fully saturated rings. The summed E-state index contributed by atoms with van der Waals surface area (Å²) in [4.78, 5) is 13.3. The summed E-state index contributed by atoms with van der Waals surface area (Å²) >= 11 is 0. The third kappa shape index (κ3) is 5.93. The Labute approximate surface area is 245 Å². The van der Waals surface area contributed by atoms with E-state index < -0.39 is 68.0 Å².